The molecule has 0 saturated heterocycles. The van der Waals surface area contributed by atoms with E-state index in [4.69, 9.17) is 22.1 Å². The molecule has 0 aliphatic carbocycles. The first kappa shape index (κ1) is 16.2. The minimum absolute atomic E-state index is 0. The molecule has 0 aromatic heterocycles. The molecule has 0 aliphatic rings. The lowest BCUT2D eigenvalue weighted by atomic mass is 10.0. The van der Waals surface area contributed by atoms with Crippen LogP contribution >= 0.6 is 24.0 Å². The molecule has 2 N–H and O–H groups in total. The second kappa shape index (κ2) is 7.48. The lowest BCUT2D eigenvalue weighted by Gasteiger charge is -2.12. The largest absolute Gasteiger partial charge is 0.466 e. The molecule has 0 radical (unpaired) electrons. The fraction of sp³-hybridized carbons (Fsp3) is 0.364. The van der Waals surface area contributed by atoms with Crippen molar-refractivity contribution in [2.75, 3.05) is 6.61 Å². The van der Waals surface area contributed by atoms with Gasteiger partial charge in [0, 0.05) is 11.6 Å². The molecular formula is C11H14Cl2FNO2. The van der Waals surface area contributed by atoms with Gasteiger partial charge in [-0.15, -0.1) is 12.4 Å². The Kier molecular flexibility index (Phi) is 7.11. The van der Waals surface area contributed by atoms with Crippen molar-refractivity contribution in [3.8, 4) is 0 Å². The Morgan fingerprint density at radius 1 is 1.59 bits per heavy atom. The van der Waals surface area contributed by atoms with Crippen molar-refractivity contribution in [2.24, 2.45) is 5.73 Å². The van der Waals surface area contributed by atoms with Gasteiger partial charge in [-0.3, -0.25) is 4.79 Å². The Bertz CT molecular complexity index is 388. The van der Waals surface area contributed by atoms with Gasteiger partial charge in [0.25, 0.3) is 0 Å². The number of carbonyl (C=O) groups excluding carboxylic acids is 1. The Morgan fingerprint density at radius 3 is 2.82 bits per heavy atom. The molecule has 1 aromatic carbocycles. The van der Waals surface area contributed by atoms with E-state index >= 15 is 0 Å². The average Bonchev–Trinajstić information content (AvgIpc) is 2.22. The van der Waals surface area contributed by atoms with E-state index in [2.05, 4.69) is 0 Å². The highest BCUT2D eigenvalue weighted by Crippen LogP contribution is 2.23. The van der Waals surface area contributed by atoms with Gasteiger partial charge in [0.05, 0.1) is 18.1 Å². The molecule has 0 spiro atoms. The van der Waals surface area contributed by atoms with Crippen molar-refractivity contribution < 1.29 is 13.9 Å². The Balaban J connectivity index is 0.00000256. The van der Waals surface area contributed by atoms with Crippen LogP contribution < -0.4 is 5.73 Å². The van der Waals surface area contributed by atoms with Crippen molar-refractivity contribution in [1.29, 1.82) is 0 Å². The van der Waals surface area contributed by atoms with Gasteiger partial charge in [-0.05, 0) is 13.0 Å². The number of carbonyl (C=O) groups is 1. The van der Waals surface area contributed by atoms with Crippen LogP contribution in [-0.2, 0) is 9.53 Å². The first-order chi connectivity index (χ1) is 7.56. The van der Waals surface area contributed by atoms with Gasteiger partial charge in [0.1, 0.15) is 5.82 Å². The third-order valence-electron chi connectivity index (χ3n) is 2.07. The maximum absolute atomic E-state index is 13.5. The van der Waals surface area contributed by atoms with Crippen LogP contribution in [0.3, 0.4) is 0 Å². The third-order valence-corrected chi connectivity index (χ3v) is 2.36. The van der Waals surface area contributed by atoms with E-state index in [0.717, 1.165) is 0 Å². The lowest BCUT2D eigenvalue weighted by molar-refractivity contribution is -0.143. The van der Waals surface area contributed by atoms with Gasteiger partial charge in [-0.1, -0.05) is 23.7 Å². The standard InChI is InChI=1S/C11H13ClFNO2.ClH/c1-2-16-10(15)6-9(14)7-4-3-5-8(12)11(7)13;/h3-5,9H,2,6,14H2,1H3;1H/t9-;/m1./s1. The number of rotatable bonds is 4. The van der Waals surface area contributed by atoms with Crippen molar-refractivity contribution in [3.63, 3.8) is 0 Å². The third kappa shape index (κ3) is 4.50. The topological polar surface area (TPSA) is 52.3 Å². The molecule has 3 nitrogen and oxygen atoms in total. The quantitative estimate of drug-likeness (QED) is 0.864. The molecule has 6 heteroatoms. The SMILES string of the molecule is CCOC(=O)C[C@@H](N)c1cccc(Cl)c1F.Cl. The Morgan fingerprint density at radius 2 is 2.24 bits per heavy atom. The summed E-state index contributed by atoms with van der Waals surface area (Å²) >= 11 is 5.61. The van der Waals surface area contributed by atoms with Crippen LogP contribution in [0, 0.1) is 5.82 Å². The fourth-order valence-corrected chi connectivity index (χ4v) is 1.50. The number of ether oxygens (including phenoxy) is 1. The van der Waals surface area contributed by atoms with E-state index in [1.807, 2.05) is 0 Å². The van der Waals surface area contributed by atoms with Crippen LogP contribution in [0.4, 0.5) is 4.39 Å². The molecule has 1 aromatic rings. The summed E-state index contributed by atoms with van der Waals surface area (Å²) in [6, 6.07) is 3.78. The molecule has 1 atom stereocenters. The van der Waals surface area contributed by atoms with Crippen LogP contribution in [0.2, 0.25) is 5.02 Å². The average molecular weight is 282 g/mol. The lowest BCUT2D eigenvalue weighted by Crippen LogP contribution is -2.18. The molecule has 0 aliphatic heterocycles. The Labute approximate surface area is 110 Å². The highest BCUT2D eigenvalue weighted by atomic mass is 35.5. The molecule has 0 saturated carbocycles. The molecule has 17 heavy (non-hydrogen) atoms. The van der Waals surface area contributed by atoms with Crippen LogP contribution in [0.25, 0.3) is 0 Å². The molecule has 1 rings (SSSR count). The van der Waals surface area contributed by atoms with E-state index in [0.29, 0.717) is 0 Å². The molecule has 96 valence electrons. The summed E-state index contributed by atoms with van der Waals surface area (Å²) < 4.78 is 18.3. The zero-order valence-electron chi connectivity index (χ0n) is 9.28. The number of hydrogen-bond donors (Lipinski definition) is 1. The molecular weight excluding hydrogens is 268 g/mol. The van der Waals surface area contributed by atoms with E-state index in [1.165, 1.54) is 12.1 Å². The summed E-state index contributed by atoms with van der Waals surface area (Å²) in [5.74, 6) is -1.03. The predicted octanol–water partition coefficient (Wildman–Crippen LogP) is 2.85. The number of nitrogens with two attached hydrogens (primary N) is 1. The molecule has 0 bridgehead atoms. The second-order valence-electron chi connectivity index (χ2n) is 3.26. The number of halogens is 3. The predicted molar refractivity (Wildman–Crippen MR) is 66.8 cm³/mol. The van der Waals surface area contributed by atoms with Crippen molar-refractivity contribution >= 4 is 30.0 Å². The van der Waals surface area contributed by atoms with Gasteiger partial charge in [0.15, 0.2) is 0 Å². The molecule has 0 heterocycles. The Hall–Kier alpha value is -0.840. The molecule has 0 amide bonds. The van der Waals surface area contributed by atoms with Gasteiger partial charge in [0.2, 0.25) is 0 Å². The van der Waals surface area contributed by atoms with Crippen LogP contribution in [0.5, 0.6) is 0 Å². The van der Waals surface area contributed by atoms with E-state index < -0.39 is 17.8 Å². The maximum atomic E-state index is 13.5. The number of esters is 1. The molecule has 0 fully saturated rings. The normalized spacial score (nSPS) is 11.5. The van der Waals surface area contributed by atoms with Crippen molar-refractivity contribution in [2.45, 2.75) is 19.4 Å². The monoisotopic (exact) mass is 281 g/mol. The summed E-state index contributed by atoms with van der Waals surface area (Å²) in [5, 5.41) is -0.00295. The van der Waals surface area contributed by atoms with Crippen molar-refractivity contribution in [3.05, 3.63) is 34.6 Å². The first-order valence-electron chi connectivity index (χ1n) is 4.91. The second-order valence-corrected chi connectivity index (χ2v) is 3.67. The van der Waals surface area contributed by atoms with E-state index in [-0.39, 0.29) is 36.0 Å². The van der Waals surface area contributed by atoms with Gasteiger partial charge >= 0.3 is 5.97 Å². The van der Waals surface area contributed by atoms with Crippen LogP contribution in [-0.4, -0.2) is 12.6 Å². The number of hydrogen-bond acceptors (Lipinski definition) is 3. The maximum Gasteiger partial charge on any atom is 0.307 e. The zero-order chi connectivity index (χ0) is 12.1. The van der Waals surface area contributed by atoms with Gasteiger partial charge < -0.3 is 10.5 Å². The summed E-state index contributed by atoms with van der Waals surface area (Å²) in [5.41, 5.74) is 5.92. The van der Waals surface area contributed by atoms with Gasteiger partial charge in [-0.2, -0.15) is 0 Å². The summed E-state index contributed by atoms with van der Waals surface area (Å²) in [6.07, 6.45) is -0.0644. The minimum Gasteiger partial charge on any atom is -0.466 e. The molecule has 0 unspecified atom stereocenters. The first-order valence-corrected chi connectivity index (χ1v) is 5.29. The van der Waals surface area contributed by atoms with E-state index in [9.17, 15) is 9.18 Å². The number of benzene rings is 1. The highest BCUT2D eigenvalue weighted by molar-refractivity contribution is 6.30. The fourth-order valence-electron chi connectivity index (χ4n) is 1.32. The highest BCUT2D eigenvalue weighted by Gasteiger charge is 2.17. The zero-order valence-corrected chi connectivity index (χ0v) is 10.9. The van der Waals surface area contributed by atoms with Crippen LogP contribution in [0.15, 0.2) is 18.2 Å². The van der Waals surface area contributed by atoms with Gasteiger partial charge in [-0.25, -0.2) is 4.39 Å². The summed E-state index contributed by atoms with van der Waals surface area (Å²) in [6.45, 7) is 1.98. The minimum atomic E-state index is -0.738. The van der Waals surface area contributed by atoms with Crippen LogP contribution in [0.1, 0.15) is 24.9 Å². The summed E-state index contributed by atoms with van der Waals surface area (Å²) in [7, 11) is 0. The van der Waals surface area contributed by atoms with Crippen molar-refractivity contribution in [1.82, 2.24) is 0 Å². The summed E-state index contributed by atoms with van der Waals surface area (Å²) in [4.78, 5) is 11.2. The smallest absolute Gasteiger partial charge is 0.307 e. The van der Waals surface area contributed by atoms with E-state index in [1.54, 1.807) is 13.0 Å².